The summed E-state index contributed by atoms with van der Waals surface area (Å²) in [4.78, 5) is 27.3. The lowest BCUT2D eigenvalue weighted by atomic mass is 10.1. The molecular formula is C18H25N3O3S. The van der Waals surface area contributed by atoms with Gasteiger partial charge in [-0.05, 0) is 38.9 Å². The third kappa shape index (κ3) is 5.39. The average Bonchev–Trinajstić information content (AvgIpc) is 2.88. The molecule has 136 valence electrons. The van der Waals surface area contributed by atoms with E-state index in [1.807, 2.05) is 31.2 Å². The smallest absolute Gasteiger partial charge is 0.238 e. The van der Waals surface area contributed by atoms with Crippen LogP contribution in [0.2, 0.25) is 0 Å². The van der Waals surface area contributed by atoms with Crippen LogP contribution >= 0.6 is 11.8 Å². The monoisotopic (exact) mass is 363 g/mol. The molecule has 6 nitrogen and oxygen atoms in total. The van der Waals surface area contributed by atoms with Crippen molar-refractivity contribution in [2.24, 2.45) is 0 Å². The fraction of sp³-hybridized carbons (Fsp3) is 0.500. The number of carbonyl (C=O) groups is 2. The summed E-state index contributed by atoms with van der Waals surface area (Å²) in [7, 11) is 1.78. The number of aryl methyl sites for hydroxylation is 1. The van der Waals surface area contributed by atoms with Gasteiger partial charge in [0.1, 0.15) is 0 Å². The Labute approximate surface area is 152 Å². The number of hydrogen-bond donors (Lipinski definition) is 3. The Hall–Kier alpha value is -1.70. The predicted octanol–water partition coefficient (Wildman–Crippen LogP) is 1.59. The minimum absolute atomic E-state index is 0.0103. The summed E-state index contributed by atoms with van der Waals surface area (Å²) in [5.41, 5.74) is 1.06. The molecule has 1 amide bonds. The van der Waals surface area contributed by atoms with Crippen molar-refractivity contribution in [3.05, 3.63) is 29.8 Å². The zero-order valence-electron chi connectivity index (χ0n) is 14.8. The van der Waals surface area contributed by atoms with E-state index in [1.165, 1.54) is 11.8 Å². The number of nitrogens with one attached hydrogen (secondary N) is 2. The van der Waals surface area contributed by atoms with Crippen LogP contribution in [0.1, 0.15) is 25.3 Å². The van der Waals surface area contributed by atoms with Crippen molar-refractivity contribution in [2.75, 3.05) is 13.6 Å². The fourth-order valence-electron chi connectivity index (χ4n) is 2.82. The summed E-state index contributed by atoms with van der Waals surface area (Å²) in [5, 5.41) is 20.6. The molecule has 0 aliphatic carbocycles. The zero-order chi connectivity index (χ0) is 18.6. The number of ketones is 1. The van der Waals surface area contributed by atoms with Crippen LogP contribution in [0.5, 0.6) is 0 Å². The number of rotatable bonds is 6. The molecule has 0 radical (unpaired) electrons. The Morgan fingerprint density at radius 2 is 2.12 bits per heavy atom. The Kier molecular flexibility index (Phi) is 6.75. The molecule has 1 heterocycles. The third-order valence-corrected chi connectivity index (χ3v) is 5.40. The molecule has 0 saturated carbocycles. The molecule has 0 aromatic heterocycles. The molecule has 1 aliphatic heterocycles. The van der Waals surface area contributed by atoms with Gasteiger partial charge in [-0.1, -0.05) is 30.0 Å². The van der Waals surface area contributed by atoms with Crippen LogP contribution < -0.4 is 5.32 Å². The van der Waals surface area contributed by atoms with Gasteiger partial charge in [-0.3, -0.25) is 19.9 Å². The van der Waals surface area contributed by atoms with Crippen molar-refractivity contribution in [1.29, 1.82) is 5.41 Å². The molecule has 1 aromatic carbocycles. The lowest BCUT2D eigenvalue weighted by Gasteiger charge is -2.21. The molecule has 0 spiro atoms. The lowest BCUT2D eigenvalue weighted by Crippen LogP contribution is -2.47. The Morgan fingerprint density at radius 1 is 1.44 bits per heavy atom. The molecular weight excluding hydrogens is 338 g/mol. The number of amides is 1. The van der Waals surface area contributed by atoms with E-state index < -0.39 is 18.2 Å². The first-order valence-corrected chi connectivity index (χ1v) is 9.12. The summed E-state index contributed by atoms with van der Waals surface area (Å²) < 4.78 is 0. The highest BCUT2D eigenvalue weighted by Crippen LogP contribution is 2.24. The molecule has 1 aromatic rings. The van der Waals surface area contributed by atoms with E-state index in [4.69, 9.17) is 5.41 Å². The SMILES string of the molecule is Cc1ccccc1SC(=N)CC(=O)[C@@H](C)NC(=O)[C@H]1C[C@H](O)CN1C. The van der Waals surface area contributed by atoms with Crippen molar-refractivity contribution in [2.45, 2.75) is 49.8 Å². The van der Waals surface area contributed by atoms with E-state index in [0.29, 0.717) is 13.0 Å². The first-order chi connectivity index (χ1) is 11.8. The highest BCUT2D eigenvalue weighted by molar-refractivity contribution is 8.14. The second kappa shape index (κ2) is 8.60. The van der Waals surface area contributed by atoms with Gasteiger partial charge in [-0.25, -0.2) is 0 Å². The maximum absolute atomic E-state index is 12.3. The number of nitrogens with zero attached hydrogens (tertiary/aromatic N) is 1. The molecule has 0 unspecified atom stereocenters. The lowest BCUT2D eigenvalue weighted by molar-refractivity contribution is -0.129. The average molecular weight is 363 g/mol. The number of likely N-dealkylation sites (N-methyl/N-ethyl adjacent to an activating group) is 1. The van der Waals surface area contributed by atoms with Crippen molar-refractivity contribution < 1.29 is 14.7 Å². The number of aliphatic hydroxyl groups is 1. The number of carbonyl (C=O) groups excluding carboxylic acids is 2. The molecule has 7 heteroatoms. The van der Waals surface area contributed by atoms with Crippen LogP contribution in [0.15, 0.2) is 29.2 Å². The van der Waals surface area contributed by atoms with E-state index >= 15 is 0 Å². The quantitative estimate of drug-likeness (QED) is 0.405. The second-order valence-electron chi connectivity index (χ2n) is 6.51. The second-order valence-corrected chi connectivity index (χ2v) is 7.65. The topological polar surface area (TPSA) is 93.5 Å². The van der Waals surface area contributed by atoms with Crippen LogP contribution in [-0.2, 0) is 9.59 Å². The molecule has 3 N–H and O–H groups in total. The first kappa shape index (κ1) is 19.6. The van der Waals surface area contributed by atoms with Crippen LogP contribution in [0.3, 0.4) is 0 Å². The summed E-state index contributed by atoms with van der Waals surface area (Å²) in [6.07, 6.45) is -0.142. The summed E-state index contributed by atoms with van der Waals surface area (Å²) in [5.74, 6) is -0.446. The molecule has 0 bridgehead atoms. The normalized spacial score (nSPS) is 21.8. The maximum Gasteiger partial charge on any atom is 0.238 e. The number of aliphatic hydroxyl groups excluding tert-OH is 1. The Bertz CT molecular complexity index is 665. The molecule has 25 heavy (non-hydrogen) atoms. The van der Waals surface area contributed by atoms with Gasteiger partial charge in [0.05, 0.1) is 29.7 Å². The summed E-state index contributed by atoms with van der Waals surface area (Å²) in [6, 6.07) is 6.66. The van der Waals surface area contributed by atoms with Crippen molar-refractivity contribution >= 4 is 28.5 Å². The fourth-order valence-corrected chi connectivity index (χ4v) is 3.68. The highest BCUT2D eigenvalue weighted by atomic mass is 32.2. The van der Waals surface area contributed by atoms with Gasteiger partial charge < -0.3 is 10.4 Å². The maximum atomic E-state index is 12.3. The van der Waals surface area contributed by atoms with E-state index in [-0.39, 0.29) is 23.2 Å². The van der Waals surface area contributed by atoms with E-state index in [9.17, 15) is 14.7 Å². The van der Waals surface area contributed by atoms with Gasteiger partial charge in [-0.15, -0.1) is 0 Å². The van der Waals surface area contributed by atoms with Crippen LogP contribution in [0, 0.1) is 12.3 Å². The Balaban J connectivity index is 1.84. The van der Waals surface area contributed by atoms with Crippen LogP contribution in [0.25, 0.3) is 0 Å². The molecule has 2 rings (SSSR count). The number of benzene rings is 1. The number of likely N-dealkylation sites (tertiary alicyclic amines) is 1. The van der Waals surface area contributed by atoms with Crippen molar-refractivity contribution in [3.63, 3.8) is 0 Å². The van der Waals surface area contributed by atoms with Crippen molar-refractivity contribution in [1.82, 2.24) is 10.2 Å². The van der Waals surface area contributed by atoms with Crippen LogP contribution in [0.4, 0.5) is 0 Å². The summed E-state index contributed by atoms with van der Waals surface area (Å²) >= 11 is 1.27. The third-order valence-electron chi connectivity index (χ3n) is 4.33. The highest BCUT2D eigenvalue weighted by Gasteiger charge is 2.34. The van der Waals surface area contributed by atoms with Gasteiger partial charge in [0.25, 0.3) is 0 Å². The Morgan fingerprint density at radius 3 is 2.72 bits per heavy atom. The van der Waals surface area contributed by atoms with E-state index in [2.05, 4.69) is 5.32 Å². The van der Waals surface area contributed by atoms with Crippen LogP contribution in [-0.4, -0.2) is 58.5 Å². The van der Waals surface area contributed by atoms with Crippen molar-refractivity contribution in [3.8, 4) is 0 Å². The zero-order valence-corrected chi connectivity index (χ0v) is 15.6. The number of hydrogen-bond acceptors (Lipinski definition) is 6. The standard InChI is InChI=1S/C18H25N3O3S/c1-11-6-4-5-7-16(11)25-17(19)9-15(23)12(2)20-18(24)14-8-13(22)10-21(14)3/h4-7,12-14,19,22H,8-10H2,1-3H3,(H,20,24)/t12-,13+,14-/m1/s1. The minimum atomic E-state index is -0.656. The summed E-state index contributed by atoms with van der Waals surface area (Å²) in [6.45, 7) is 4.06. The van der Waals surface area contributed by atoms with E-state index in [0.717, 1.165) is 10.5 Å². The molecule has 1 aliphatic rings. The van der Waals surface area contributed by atoms with Gasteiger partial charge in [0, 0.05) is 11.4 Å². The van der Waals surface area contributed by atoms with Gasteiger partial charge >= 0.3 is 0 Å². The molecule has 1 fully saturated rings. The number of Topliss-reactive ketones (excluding diaryl/α,β-unsaturated/α-hetero) is 1. The predicted molar refractivity (Wildman–Crippen MR) is 99.0 cm³/mol. The van der Waals surface area contributed by atoms with Gasteiger partial charge in [0.15, 0.2) is 5.78 Å². The van der Waals surface area contributed by atoms with E-state index in [1.54, 1.807) is 18.9 Å². The largest absolute Gasteiger partial charge is 0.392 e. The molecule has 1 saturated heterocycles. The van der Waals surface area contributed by atoms with Gasteiger partial charge in [-0.2, -0.15) is 0 Å². The first-order valence-electron chi connectivity index (χ1n) is 8.30. The van der Waals surface area contributed by atoms with Gasteiger partial charge in [0.2, 0.25) is 5.91 Å². The number of β-amino-alcohol motifs (C(OH)–C–C–N with tert-alkyl or cyclic N) is 1. The minimum Gasteiger partial charge on any atom is -0.392 e. The molecule has 3 atom stereocenters. The number of thioether (sulfide) groups is 1.